The van der Waals surface area contributed by atoms with E-state index in [0.29, 0.717) is 12.1 Å². The molecule has 1 atom stereocenters. The first-order valence-electron chi connectivity index (χ1n) is 7.03. The van der Waals surface area contributed by atoms with Gasteiger partial charge in [0.15, 0.2) is 11.6 Å². The van der Waals surface area contributed by atoms with Crippen molar-refractivity contribution in [1.29, 1.82) is 0 Å². The van der Waals surface area contributed by atoms with E-state index in [2.05, 4.69) is 19.1 Å². The Labute approximate surface area is 124 Å². The second-order valence-corrected chi connectivity index (χ2v) is 5.06. The molecule has 0 radical (unpaired) electrons. The summed E-state index contributed by atoms with van der Waals surface area (Å²) in [6.45, 7) is 2.42. The third-order valence-corrected chi connectivity index (χ3v) is 3.77. The molecule has 0 fully saturated rings. The van der Waals surface area contributed by atoms with Gasteiger partial charge in [0, 0.05) is 19.3 Å². The molecule has 0 aromatic heterocycles. The molecule has 0 bridgehead atoms. The normalized spacial score (nSPS) is 12.2. The highest BCUT2D eigenvalue weighted by Crippen LogP contribution is 2.26. The zero-order chi connectivity index (χ0) is 15.4. The van der Waals surface area contributed by atoms with Crippen LogP contribution in [0.4, 0.5) is 14.5 Å². The number of hydrogen-bond donors (Lipinski definition) is 1. The van der Waals surface area contributed by atoms with Gasteiger partial charge >= 0.3 is 0 Å². The number of likely N-dealkylation sites (N-methyl/N-ethyl adjacent to an activating group) is 1. The van der Waals surface area contributed by atoms with Crippen molar-refractivity contribution in [1.82, 2.24) is 0 Å². The average Bonchev–Trinajstić information content (AvgIpc) is 2.51. The van der Waals surface area contributed by atoms with E-state index >= 15 is 0 Å². The number of halogens is 2. The fourth-order valence-corrected chi connectivity index (χ4v) is 2.38. The summed E-state index contributed by atoms with van der Waals surface area (Å²) >= 11 is 0. The maximum atomic E-state index is 13.4. The van der Waals surface area contributed by atoms with Gasteiger partial charge in [-0.2, -0.15) is 0 Å². The zero-order valence-electron chi connectivity index (χ0n) is 12.3. The van der Waals surface area contributed by atoms with Crippen LogP contribution in [-0.4, -0.2) is 13.6 Å². The largest absolute Gasteiger partial charge is 0.366 e. The van der Waals surface area contributed by atoms with Crippen LogP contribution >= 0.6 is 0 Å². The van der Waals surface area contributed by atoms with E-state index in [1.165, 1.54) is 11.6 Å². The van der Waals surface area contributed by atoms with Gasteiger partial charge in [-0.15, -0.1) is 0 Å². The molecule has 0 amide bonds. The smallest absolute Gasteiger partial charge is 0.159 e. The maximum absolute atomic E-state index is 13.4. The van der Waals surface area contributed by atoms with Crippen LogP contribution in [0, 0.1) is 11.6 Å². The molecule has 2 N–H and O–H groups in total. The highest BCUT2D eigenvalue weighted by molar-refractivity contribution is 5.49. The number of nitrogens with two attached hydrogens (primary N) is 1. The molecule has 0 aliphatic heterocycles. The van der Waals surface area contributed by atoms with Gasteiger partial charge in [-0.3, -0.25) is 0 Å². The lowest BCUT2D eigenvalue weighted by Crippen LogP contribution is -2.30. The molecule has 0 heterocycles. The van der Waals surface area contributed by atoms with Crippen molar-refractivity contribution in [3.63, 3.8) is 0 Å². The van der Waals surface area contributed by atoms with Crippen molar-refractivity contribution in [2.75, 3.05) is 18.5 Å². The Morgan fingerprint density at radius 3 is 2.24 bits per heavy atom. The number of benzene rings is 2. The first kappa shape index (κ1) is 15.4. The SMILES string of the molecule is CCc1ccc(N(C)C(CN)c2ccc(F)c(F)c2)cc1. The molecule has 1 unspecified atom stereocenters. The summed E-state index contributed by atoms with van der Waals surface area (Å²) in [7, 11) is 1.90. The number of nitrogens with zero attached hydrogens (tertiary/aromatic N) is 1. The number of aryl methyl sites for hydroxylation is 1. The fraction of sp³-hybridized carbons (Fsp3) is 0.294. The van der Waals surface area contributed by atoms with E-state index in [0.717, 1.165) is 18.2 Å². The Hall–Kier alpha value is -1.94. The standard InChI is InChI=1S/C17H20F2N2/c1-3-12-4-7-14(8-5-12)21(2)17(11-20)13-6-9-15(18)16(19)10-13/h4-10,17H,3,11,20H2,1-2H3. The van der Waals surface area contributed by atoms with Crippen LogP contribution in [0.2, 0.25) is 0 Å². The summed E-state index contributed by atoms with van der Waals surface area (Å²) in [5.41, 5.74) is 8.74. The van der Waals surface area contributed by atoms with E-state index in [1.807, 2.05) is 24.1 Å². The monoisotopic (exact) mass is 290 g/mol. The number of rotatable bonds is 5. The van der Waals surface area contributed by atoms with Crippen molar-refractivity contribution in [2.24, 2.45) is 5.73 Å². The molecule has 0 spiro atoms. The molecule has 4 heteroatoms. The van der Waals surface area contributed by atoms with Crippen molar-refractivity contribution >= 4 is 5.69 Å². The second kappa shape index (κ2) is 6.68. The van der Waals surface area contributed by atoms with Crippen LogP contribution in [0.25, 0.3) is 0 Å². The highest BCUT2D eigenvalue weighted by Gasteiger charge is 2.17. The lowest BCUT2D eigenvalue weighted by Gasteiger charge is -2.29. The van der Waals surface area contributed by atoms with Gasteiger partial charge in [0.2, 0.25) is 0 Å². The van der Waals surface area contributed by atoms with Gasteiger partial charge in [-0.1, -0.05) is 25.1 Å². The Morgan fingerprint density at radius 2 is 1.71 bits per heavy atom. The third kappa shape index (κ3) is 3.39. The molecule has 0 saturated carbocycles. The van der Waals surface area contributed by atoms with Crippen molar-refractivity contribution in [2.45, 2.75) is 19.4 Å². The first-order chi connectivity index (χ1) is 10.1. The van der Waals surface area contributed by atoms with Crippen LogP contribution in [-0.2, 0) is 6.42 Å². The predicted octanol–water partition coefficient (Wildman–Crippen LogP) is 3.66. The van der Waals surface area contributed by atoms with Gasteiger partial charge in [0.25, 0.3) is 0 Å². The minimum atomic E-state index is -0.847. The van der Waals surface area contributed by atoms with E-state index < -0.39 is 11.6 Å². The van der Waals surface area contributed by atoms with E-state index in [1.54, 1.807) is 6.07 Å². The second-order valence-electron chi connectivity index (χ2n) is 5.06. The highest BCUT2D eigenvalue weighted by atomic mass is 19.2. The van der Waals surface area contributed by atoms with Gasteiger partial charge < -0.3 is 10.6 Å². The molecule has 112 valence electrons. The Morgan fingerprint density at radius 1 is 1.05 bits per heavy atom. The van der Waals surface area contributed by atoms with Crippen LogP contribution < -0.4 is 10.6 Å². The molecule has 0 aliphatic rings. The molecular weight excluding hydrogens is 270 g/mol. The van der Waals surface area contributed by atoms with E-state index in [-0.39, 0.29) is 6.04 Å². The van der Waals surface area contributed by atoms with E-state index in [9.17, 15) is 8.78 Å². The van der Waals surface area contributed by atoms with Gasteiger partial charge in [-0.25, -0.2) is 8.78 Å². The van der Waals surface area contributed by atoms with Crippen molar-refractivity contribution in [3.05, 3.63) is 65.2 Å². The summed E-state index contributed by atoms with van der Waals surface area (Å²) in [5.74, 6) is -1.69. The lowest BCUT2D eigenvalue weighted by molar-refractivity contribution is 0.504. The molecule has 21 heavy (non-hydrogen) atoms. The van der Waals surface area contributed by atoms with Crippen molar-refractivity contribution < 1.29 is 8.78 Å². The Bertz CT molecular complexity index is 596. The molecule has 2 aromatic carbocycles. The number of anilines is 1. The van der Waals surface area contributed by atoms with E-state index in [4.69, 9.17) is 5.73 Å². The third-order valence-electron chi connectivity index (χ3n) is 3.77. The average molecular weight is 290 g/mol. The fourth-order valence-electron chi connectivity index (χ4n) is 2.38. The predicted molar refractivity (Wildman–Crippen MR) is 82.4 cm³/mol. The molecule has 0 aliphatic carbocycles. The minimum Gasteiger partial charge on any atom is -0.366 e. The Balaban J connectivity index is 2.28. The molecular formula is C17H20F2N2. The quantitative estimate of drug-likeness (QED) is 0.910. The Kier molecular flexibility index (Phi) is 4.91. The first-order valence-corrected chi connectivity index (χ1v) is 7.03. The van der Waals surface area contributed by atoms with Crippen LogP contribution in [0.15, 0.2) is 42.5 Å². The summed E-state index contributed by atoms with van der Waals surface area (Å²) in [6.07, 6.45) is 0.980. The summed E-state index contributed by atoms with van der Waals surface area (Å²) in [6, 6.07) is 11.9. The summed E-state index contributed by atoms with van der Waals surface area (Å²) < 4.78 is 26.5. The summed E-state index contributed by atoms with van der Waals surface area (Å²) in [4.78, 5) is 1.98. The molecule has 2 aromatic rings. The van der Waals surface area contributed by atoms with Gasteiger partial charge in [0.05, 0.1) is 6.04 Å². The van der Waals surface area contributed by atoms with Gasteiger partial charge in [0.1, 0.15) is 0 Å². The topological polar surface area (TPSA) is 29.3 Å². The minimum absolute atomic E-state index is 0.201. The molecule has 0 saturated heterocycles. The molecule has 2 rings (SSSR count). The molecule has 2 nitrogen and oxygen atoms in total. The lowest BCUT2D eigenvalue weighted by atomic mass is 10.0. The zero-order valence-corrected chi connectivity index (χ0v) is 12.3. The summed E-state index contributed by atoms with van der Waals surface area (Å²) in [5, 5.41) is 0. The van der Waals surface area contributed by atoms with Gasteiger partial charge in [-0.05, 0) is 41.8 Å². The number of hydrogen-bond acceptors (Lipinski definition) is 2. The van der Waals surface area contributed by atoms with Crippen LogP contribution in [0.5, 0.6) is 0 Å². The maximum Gasteiger partial charge on any atom is 0.159 e. The van der Waals surface area contributed by atoms with Crippen LogP contribution in [0.3, 0.4) is 0 Å². The van der Waals surface area contributed by atoms with Crippen LogP contribution in [0.1, 0.15) is 24.1 Å². The van der Waals surface area contributed by atoms with Crippen molar-refractivity contribution in [3.8, 4) is 0 Å².